The van der Waals surface area contributed by atoms with E-state index in [1.807, 2.05) is 30.3 Å². The van der Waals surface area contributed by atoms with Gasteiger partial charge in [-0.1, -0.05) is 41.9 Å². The Hall–Kier alpha value is -1.65. The Labute approximate surface area is 122 Å². The van der Waals surface area contributed by atoms with Gasteiger partial charge in [0.1, 0.15) is 18.9 Å². The van der Waals surface area contributed by atoms with Gasteiger partial charge in [-0.2, -0.15) is 0 Å². The first-order valence-corrected chi connectivity index (χ1v) is 6.85. The molecule has 2 rings (SSSR count). The number of aldehydes is 1. The Morgan fingerprint density at radius 1 is 1.40 bits per heavy atom. The van der Waals surface area contributed by atoms with Crippen LogP contribution in [-0.2, 0) is 20.9 Å². The van der Waals surface area contributed by atoms with Crippen LogP contribution < -0.4 is 5.32 Å². The molecule has 5 heteroatoms. The third kappa shape index (κ3) is 3.92. The number of carbonyl (C=O) groups excluding carboxylic acids is 2. The van der Waals surface area contributed by atoms with E-state index in [0.29, 0.717) is 30.0 Å². The third-order valence-corrected chi connectivity index (χ3v) is 3.56. The van der Waals surface area contributed by atoms with Crippen molar-refractivity contribution in [3.63, 3.8) is 0 Å². The average molecular weight is 294 g/mol. The van der Waals surface area contributed by atoms with Gasteiger partial charge in [-0.15, -0.1) is 0 Å². The molecule has 1 aliphatic rings. The first kappa shape index (κ1) is 14.8. The molecule has 1 N–H and O–H groups in total. The first-order chi connectivity index (χ1) is 9.70. The van der Waals surface area contributed by atoms with Crippen LogP contribution in [0.2, 0.25) is 0 Å². The smallest absolute Gasteiger partial charge is 0.323 e. The lowest BCUT2D eigenvalue weighted by Crippen LogP contribution is -2.37. The van der Waals surface area contributed by atoms with Crippen molar-refractivity contribution < 1.29 is 14.3 Å². The minimum Gasteiger partial charge on any atom is -0.460 e. The molecule has 0 aliphatic carbocycles. The zero-order valence-electron chi connectivity index (χ0n) is 11.0. The summed E-state index contributed by atoms with van der Waals surface area (Å²) >= 11 is 6.04. The van der Waals surface area contributed by atoms with E-state index in [-0.39, 0.29) is 12.6 Å². The lowest BCUT2D eigenvalue weighted by Gasteiger charge is -2.15. The second-order valence-corrected chi connectivity index (χ2v) is 5.06. The number of nitrogens with one attached hydrogen (secondary N) is 1. The summed E-state index contributed by atoms with van der Waals surface area (Å²) in [5, 5.41) is 3.49. The number of benzene rings is 1. The van der Waals surface area contributed by atoms with Gasteiger partial charge in [0.15, 0.2) is 0 Å². The molecule has 1 aromatic rings. The van der Waals surface area contributed by atoms with E-state index >= 15 is 0 Å². The molecule has 20 heavy (non-hydrogen) atoms. The average Bonchev–Trinajstić information content (AvgIpc) is 2.67. The molecule has 0 spiro atoms. The van der Waals surface area contributed by atoms with Crippen molar-refractivity contribution in [1.82, 2.24) is 5.32 Å². The highest BCUT2D eigenvalue weighted by molar-refractivity contribution is 6.31. The van der Waals surface area contributed by atoms with Crippen LogP contribution in [0.3, 0.4) is 0 Å². The summed E-state index contributed by atoms with van der Waals surface area (Å²) in [6.07, 6.45) is 1.58. The number of hydrogen-bond acceptors (Lipinski definition) is 4. The monoisotopic (exact) mass is 293 g/mol. The van der Waals surface area contributed by atoms with Gasteiger partial charge < -0.3 is 10.1 Å². The number of ether oxygens (including phenoxy) is 1. The summed E-state index contributed by atoms with van der Waals surface area (Å²) < 4.78 is 5.27. The summed E-state index contributed by atoms with van der Waals surface area (Å²) in [7, 11) is 0. The van der Waals surface area contributed by atoms with Crippen LogP contribution in [0.5, 0.6) is 0 Å². The molecule has 1 aromatic carbocycles. The maximum atomic E-state index is 12.0. The summed E-state index contributed by atoms with van der Waals surface area (Å²) in [4.78, 5) is 22.8. The van der Waals surface area contributed by atoms with E-state index in [1.54, 1.807) is 0 Å². The van der Waals surface area contributed by atoms with E-state index < -0.39 is 6.04 Å². The molecule has 0 saturated carbocycles. The van der Waals surface area contributed by atoms with Crippen molar-refractivity contribution in [1.29, 1.82) is 0 Å². The number of carbonyl (C=O) groups is 2. The molecule has 0 fully saturated rings. The zero-order valence-corrected chi connectivity index (χ0v) is 11.7. The normalized spacial score (nSPS) is 19.4. The topological polar surface area (TPSA) is 55.4 Å². The highest BCUT2D eigenvalue weighted by Crippen LogP contribution is 2.21. The summed E-state index contributed by atoms with van der Waals surface area (Å²) in [5.74, 6) is -0.348. The fourth-order valence-corrected chi connectivity index (χ4v) is 2.31. The van der Waals surface area contributed by atoms with Crippen molar-refractivity contribution in [2.75, 3.05) is 6.54 Å². The van der Waals surface area contributed by atoms with Crippen molar-refractivity contribution >= 4 is 23.9 Å². The SMILES string of the molecule is O=CC1=C(Cl)CC(C(=O)OCc2ccccc2)NCC1. The van der Waals surface area contributed by atoms with Gasteiger partial charge in [0, 0.05) is 23.6 Å². The van der Waals surface area contributed by atoms with Crippen LogP contribution in [0.4, 0.5) is 0 Å². The first-order valence-electron chi connectivity index (χ1n) is 6.47. The Morgan fingerprint density at radius 3 is 2.85 bits per heavy atom. The molecule has 0 aromatic heterocycles. The van der Waals surface area contributed by atoms with E-state index in [4.69, 9.17) is 16.3 Å². The fraction of sp³-hybridized carbons (Fsp3) is 0.333. The zero-order chi connectivity index (χ0) is 14.4. The summed E-state index contributed by atoms with van der Waals surface area (Å²) in [6.45, 7) is 0.773. The molecule has 1 aliphatic heterocycles. The van der Waals surface area contributed by atoms with Crippen molar-refractivity contribution in [2.24, 2.45) is 0 Å². The second kappa shape index (κ2) is 7.22. The predicted octanol–water partition coefficient (Wildman–Crippen LogP) is 2.17. The summed E-state index contributed by atoms with van der Waals surface area (Å²) in [6, 6.07) is 8.98. The molecule has 1 atom stereocenters. The Morgan fingerprint density at radius 2 is 2.15 bits per heavy atom. The quantitative estimate of drug-likeness (QED) is 0.683. The van der Waals surface area contributed by atoms with Gasteiger partial charge in [0.05, 0.1) is 0 Å². The lowest BCUT2D eigenvalue weighted by atomic mass is 10.1. The molecule has 4 nitrogen and oxygen atoms in total. The molecule has 0 radical (unpaired) electrons. The number of halogens is 1. The van der Waals surface area contributed by atoms with Gasteiger partial charge in [0.2, 0.25) is 0 Å². The van der Waals surface area contributed by atoms with Crippen LogP contribution in [-0.4, -0.2) is 24.8 Å². The Balaban J connectivity index is 1.92. The summed E-state index contributed by atoms with van der Waals surface area (Å²) in [5.41, 5.74) is 1.49. The third-order valence-electron chi connectivity index (χ3n) is 3.17. The highest BCUT2D eigenvalue weighted by Gasteiger charge is 2.24. The molecule has 0 amide bonds. The van der Waals surface area contributed by atoms with Crippen LogP contribution in [0.15, 0.2) is 40.9 Å². The number of esters is 1. The van der Waals surface area contributed by atoms with Crippen LogP contribution in [0.25, 0.3) is 0 Å². The van der Waals surface area contributed by atoms with E-state index in [9.17, 15) is 9.59 Å². The second-order valence-electron chi connectivity index (χ2n) is 4.60. The molecular formula is C15H16ClNO3. The molecule has 0 saturated heterocycles. The maximum Gasteiger partial charge on any atom is 0.323 e. The van der Waals surface area contributed by atoms with E-state index in [0.717, 1.165) is 11.8 Å². The Kier molecular flexibility index (Phi) is 5.32. The van der Waals surface area contributed by atoms with Crippen molar-refractivity contribution in [3.05, 3.63) is 46.5 Å². The van der Waals surface area contributed by atoms with Crippen LogP contribution in [0, 0.1) is 0 Å². The highest BCUT2D eigenvalue weighted by atomic mass is 35.5. The van der Waals surface area contributed by atoms with Crippen molar-refractivity contribution in [2.45, 2.75) is 25.5 Å². The van der Waals surface area contributed by atoms with Crippen molar-refractivity contribution in [3.8, 4) is 0 Å². The van der Waals surface area contributed by atoms with Gasteiger partial charge >= 0.3 is 5.97 Å². The molecule has 1 unspecified atom stereocenters. The Bertz CT molecular complexity index is 513. The lowest BCUT2D eigenvalue weighted by molar-refractivity contribution is -0.147. The van der Waals surface area contributed by atoms with Gasteiger partial charge in [-0.05, 0) is 12.0 Å². The minimum atomic E-state index is -0.497. The maximum absolute atomic E-state index is 12.0. The predicted molar refractivity (Wildman–Crippen MR) is 76.2 cm³/mol. The van der Waals surface area contributed by atoms with E-state index in [2.05, 4.69) is 5.32 Å². The van der Waals surface area contributed by atoms with Gasteiger partial charge in [-0.3, -0.25) is 9.59 Å². The minimum absolute atomic E-state index is 0.236. The van der Waals surface area contributed by atoms with Gasteiger partial charge in [-0.25, -0.2) is 0 Å². The molecule has 1 heterocycles. The van der Waals surface area contributed by atoms with Crippen LogP contribution >= 0.6 is 11.6 Å². The number of rotatable bonds is 4. The standard InChI is InChI=1S/C15H16ClNO3/c16-13-8-14(17-7-6-12(13)9-18)15(19)20-10-11-4-2-1-3-5-11/h1-5,9,14,17H,6-8,10H2. The number of hydrogen-bond donors (Lipinski definition) is 1. The largest absolute Gasteiger partial charge is 0.460 e. The molecule has 106 valence electrons. The van der Waals surface area contributed by atoms with Gasteiger partial charge in [0.25, 0.3) is 0 Å². The fourth-order valence-electron chi connectivity index (χ4n) is 2.02. The van der Waals surface area contributed by atoms with E-state index in [1.165, 1.54) is 0 Å². The molecular weight excluding hydrogens is 278 g/mol. The van der Waals surface area contributed by atoms with Crippen LogP contribution in [0.1, 0.15) is 18.4 Å². The molecule has 0 bridgehead atoms.